The van der Waals surface area contributed by atoms with Crippen LogP contribution in [0.4, 0.5) is 0 Å². The molecule has 12 heteroatoms. The van der Waals surface area contributed by atoms with Gasteiger partial charge in [0.1, 0.15) is 23.0 Å². The zero-order valence-electron chi connectivity index (χ0n) is 32.0. The van der Waals surface area contributed by atoms with Crippen molar-refractivity contribution in [1.29, 1.82) is 5.26 Å². The van der Waals surface area contributed by atoms with Gasteiger partial charge >= 0.3 is 5.97 Å². The van der Waals surface area contributed by atoms with E-state index in [0.717, 1.165) is 88.5 Å². The summed E-state index contributed by atoms with van der Waals surface area (Å²) < 4.78 is 18.7. The summed E-state index contributed by atoms with van der Waals surface area (Å²) in [5.74, 6) is 0.473. The number of nitrogens with zero attached hydrogens (tertiary/aromatic N) is 3. The minimum absolute atomic E-state index is 0.0873. The second-order valence-corrected chi connectivity index (χ2v) is 16.1. The Morgan fingerprint density at radius 2 is 1.84 bits per heavy atom. The number of methoxy groups -OCH3 is 1. The number of pyridine rings is 1. The Hall–Kier alpha value is -5.41. The van der Waals surface area contributed by atoms with Crippen LogP contribution in [0.15, 0.2) is 59.0 Å². The quantitative estimate of drug-likeness (QED) is 0.121. The first kappa shape index (κ1) is 37.2. The SMILES string of the molecule is COc1nc(O[C@H]2CCc3c(-c4cccc(-c5cc6cc7c(c(C#N)c6o5)CC[C@H]7N5CC[C@@H](C(=O)O)C5)c4C)cccc32)c(Cl)cc1CNC[C@H]1CCC(=O)N1. The van der Waals surface area contributed by atoms with Gasteiger partial charge in [0.25, 0.3) is 0 Å². The van der Waals surface area contributed by atoms with E-state index in [1.807, 2.05) is 12.1 Å². The number of furan rings is 1. The van der Waals surface area contributed by atoms with Crippen LogP contribution in [-0.4, -0.2) is 59.7 Å². The largest absolute Gasteiger partial charge is 0.481 e. The van der Waals surface area contributed by atoms with Gasteiger partial charge in [-0.1, -0.05) is 48.0 Å². The van der Waals surface area contributed by atoms with Crippen molar-refractivity contribution in [1.82, 2.24) is 20.5 Å². The van der Waals surface area contributed by atoms with Crippen molar-refractivity contribution in [3.8, 4) is 40.3 Å². The van der Waals surface area contributed by atoms with Crippen molar-refractivity contribution in [2.24, 2.45) is 5.92 Å². The lowest BCUT2D eigenvalue weighted by molar-refractivity contribution is -0.141. The molecule has 3 N–H and O–H groups in total. The number of likely N-dealkylation sites (tertiary alicyclic amines) is 1. The first-order valence-electron chi connectivity index (χ1n) is 19.8. The third-order valence-electron chi connectivity index (χ3n) is 12.4. The number of ether oxygens (including phenoxy) is 2. The summed E-state index contributed by atoms with van der Waals surface area (Å²) in [5.41, 5.74) is 10.7. The molecule has 292 valence electrons. The molecule has 0 bridgehead atoms. The number of carboxylic acid groups (broad SMARTS) is 1. The predicted octanol–water partition coefficient (Wildman–Crippen LogP) is 7.83. The molecule has 9 rings (SSSR count). The number of aromatic nitrogens is 1. The molecule has 2 aliphatic carbocycles. The molecule has 4 heterocycles. The van der Waals surface area contributed by atoms with Crippen molar-refractivity contribution in [2.45, 2.75) is 76.6 Å². The fourth-order valence-corrected chi connectivity index (χ4v) is 9.78. The molecule has 2 saturated heterocycles. The number of hydrogen-bond donors (Lipinski definition) is 3. The maximum Gasteiger partial charge on any atom is 0.307 e. The lowest BCUT2D eigenvalue weighted by Gasteiger charge is -2.24. The van der Waals surface area contributed by atoms with Crippen molar-refractivity contribution < 1.29 is 28.6 Å². The number of carbonyl (C=O) groups is 2. The van der Waals surface area contributed by atoms with Crippen LogP contribution < -0.4 is 20.1 Å². The third-order valence-corrected chi connectivity index (χ3v) is 12.7. The maximum absolute atomic E-state index is 11.7. The van der Waals surface area contributed by atoms with Gasteiger partial charge in [0, 0.05) is 54.7 Å². The first-order chi connectivity index (χ1) is 27.7. The number of amides is 1. The highest BCUT2D eigenvalue weighted by Gasteiger charge is 2.37. The van der Waals surface area contributed by atoms with Crippen LogP contribution >= 0.6 is 11.6 Å². The lowest BCUT2D eigenvalue weighted by Crippen LogP contribution is -2.35. The van der Waals surface area contributed by atoms with E-state index in [1.165, 1.54) is 5.56 Å². The van der Waals surface area contributed by atoms with Crippen molar-refractivity contribution in [3.05, 3.63) is 98.6 Å². The van der Waals surface area contributed by atoms with E-state index in [0.29, 0.717) is 66.2 Å². The highest BCUT2D eigenvalue weighted by Crippen LogP contribution is 2.46. The van der Waals surface area contributed by atoms with Crippen LogP contribution in [0.3, 0.4) is 0 Å². The minimum atomic E-state index is -0.738. The molecular formula is C45H44ClN5O6. The highest BCUT2D eigenvalue weighted by atomic mass is 35.5. The van der Waals surface area contributed by atoms with Crippen LogP contribution in [0.2, 0.25) is 5.02 Å². The molecule has 0 radical (unpaired) electrons. The number of nitrogens with one attached hydrogen (secondary N) is 2. The zero-order valence-corrected chi connectivity index (χ0v) is 32.7. The molecule has 2 fully saturated rings. The van der Waals surface area contributed by atoms with Gasteiger partial charge in [-0.25, -0.2) is 0 Å². The Morgan fingerprint density at radius 1 is 1.04 bits per heavy atom. The molecule has 0 saturated carbocycles. The number of hydrogen-bond acceptors (Lipinski definition) is 9. The summed E-state index contributed by atoms with van der Waals surface area (Å²) >= 11 is 6.77. The van der Waals surface area contributed by atoms with Crippen LogP contribution in [-0.2, 0) is 29.0 Å². The van der Waals surface area contributed by atoms with E-state index in [4.69, 9.17) is 25.5 Å². The molecule has 0 spiro atoms. The molecule has 5 aromatic rings. The number of aliphatic carboxylic acids is 1. The molecular weight excluding hydrogens is 742 g/mol. The summed E-state index contributed by atoms with van der Waals surface area (Å²) in [6.07, 6.45) is 5.01. The average molecular weight is 786 g/mol. The molecule has 2 aromatic heterocycles. The van der Waals surface area contributed by atoms with Gasteiger partial charge in [-0.15, -0.1) is 0 Å². The van der Waals surface area contributed by atoms with Crippen molar-refractivity contribution in [3.63, 3.8) is 0 Å². The van der Waals surface area contributed by atoms with Gasteiger partial charge in [-0.05, 0) is 109 Å². The molecule has 11 nitrogen and oxygen atoms in total. The molecule has 4 atom stereocenters. The fourth-order valence-electron chi connectivity index (χ4n) is 9.56. The number of halogens is 1. The second-order valence-electron chi connectivity index (χ2n) is 15.7. The van der Waals surface area contributed by atoms with E-state index < -0.39 is 5.97 Å². The normalized spacial score (nSPS) is 21.4. The standard InChI is InChI=1S/C45H44ClN5O6/c1-24-29(5-3-6-30(24)40-19-26-17-35-33(36(20-47)42(26)56-40)10-12-38(35)51-16-15-25(23-51)45(53)54)31-7-4-8-34-32(31)11-13-39(34)57-44-37(46)18-27(43(50-44)55-2)21-48-22-28-9-14-41(52)49-28/h3-8,17-19,25,28,38-39,48H,9-16,21-23H2,1-2H3,(H,49,52)(H,53,54)/t25-,28-,38-,39+/m1/s1. The molecule has 4 aliphatic rings. The van der Waals surface area contributed by atoms with E-state index >= 15 is 0 Å². The van der Waals surface area contributed by atoms with E-state index in [2.05, 4.69) is 76.0 Å². The lowest BCUT2D eigenvalue weighted by atomic mass is 9.91. The number of benzene rings is 3. The Labute approximate surface area is 335 Å². The van der Waals surface area contributed by atoms with Gasteiger partial charge in [0.2, 0.25) is 17.7 Å². The summed E-state index contributed by atoms with van der Waals surface area (Å²) in [6.45, 7) is 4.53. The van der Waals surface area contributed by atoms with E-state index in [1.54, 1.807) is 7.11 Å². The number of carboxylic acids is 1. The molecule has 3 aromatic carbocycles. The molecule has 1 amide bonds. The number of carbonyl (C=O) groups excluding carboxylic acids is 1. The second kappa shape index (κ2) is 15.2. The minimum Gasteiger partial charge on any atom is -0.481 e. The summed E-state index contributed by atoms with van der Waals surface area (Å²) in [6, 6.07) is 21.3. The van der Waals surface area contributed by atoms with Crippen LogP contribution in [0.5, 0.6) is 11.8 Å². The third kappa shape index (κ3) is 6.79. The Morgan fingerprint density at radius 3 is 2.61 bits per heavy atom. The van der Waals surface area contributed by atoms with Crippen LogP contribution in [0.1, 0.15) is 83.2 Å². The smallest absolute Gasteiger partial charge is 0.307 e. The zero-order chi connectivity index (χ0) is 39.4. The van der Waals surface area contributed by atoms with Gasteiger partial charge < -0.3 is 29.6 Å². The maximum atomic E-state index is 11.7. The molecule has 57 heavy (non-hydrogen) atoms. The Kier molecular flexibility index (Phi) is 9.89. The topological polar surface area (TPSA) is 150 Å². The molecule has 2 aliphatic heterocycles. The van der Waals surface area contributed by atoms with Crippen molar-refractivity contribution >= 4 is 34.4 Å². The summed E-state index contributed by atoms with van der Waals surface area (Å²) in [7, 11) is 1.58. The fraction of sp³-hybridized carbons (Fsp3) is 0.378. The van der Waals surface area contributed by atoms with E-state index in [-0.39, 0.29) is 30.0 Å². The molecule has 0 unspecified atom stereocenters. The van der Waals surface area contributed by atoms with Gasteiger partial charge in [0.15, 0.2) is 5.58 Å². The Bertz CT molecular complexity index is 2470. The first-order valence-corrected chi connectivity index (χ1v) is 20.2. The van der Waals surface area contributed by atoms with Gasteiger partial charge in [0.05, 0.1) is 18.6 Å². The van der Waals surface area contributed by atoms with Crippen molar-refractivity contribution in [2.75, 3.05) is 26.7 Å². The monoisotopic (exact) mass is 785 g/mol. The Balaban J connectivity index is 0.967. The summed E-state index contributed by atoms with van der Waals surface area (Å²) in [5, 5.41) is 27.6. The predicted molar refractivity (Wildman–Crippen MR) is 215 cm³/mol. The van der Waals surface area contributed by atoms with Crippen LogP contribution in [0.25, 0.3) is 33.4 Å². The van der Waals surface area contributed by atoms with Crippen LogP contribution in [0, 0.1) is 24.2 Å². The van der Waals surface area contributed by atoms with Gasteiger partial charge in [-0.2, -0.15) is 10.2 Å². The number of nitriles is 1. The summed E-state index contributed by atoms with van der Waals surface area (Å²) in [4.78, 5) is 30.2. The van der Waals surface area contributed by atoms with Gasteiger partial charge in [-0.3, -0.25) is 14.5 Å². The van der Waals surface area contributed by atoms with E-state index in [9.17, 15) is 20.0 Å². The highest BCUT2D eigenvalue weighted by molar-refractivity contribution is 6.31. The number of rotatable bonds is 11. The number of fused-ring (bicyclic) bond motifs is 3. The average Bonchev–Trinajstić information content (AvgIpc) is 4.06.